The van der Waals surface area contributed by atoms with Gasteiger partial charge in [-0.1, -0.05) is 23.2 Å². The Bertz CT molecular complexity index is 526. The SMILES string of the molecule is O=S(=O)(NC1CC(O)C1)c1cc(Cl)ccc1Cl. The minimum absolute atomic E-state index is 0.0342. The summed E-state index contributed by atoms with van der Waals surface area (Å²) >= 11 is 11.6. The Morgan fingerprint density at radius 1 is 1.29 bits per heavy atom. The molecule has 7 heteroatoms. The Morgan fingerprint density at radius 2 is 1.94 bits per heavy atom. The Balaban J connectivity index is 2.22. The summed E-state index contributed by atoms with van der Waals surface area (Å²) < 4.78 is 26.4. The number of aliphatic hydroxyl groups excluding tert-OH is 1. The number of hydrogen-bond acceptors (Lipinski definition) is 3. The van der Waals surface area contributed by atoms with Crippen LogP contribution in [-0.2, 0) is 10.0 Å². The van der Waals surface area contributed by atoms with Crippen LogP contribution in [0, 0.1) is 0 Å². The molecule has 0 heterocycles. The molecule has 1 aromatic rings. The van der Waals surface area contributed by atoms with Crippen molar-refractivity contribution in [2.24, 2.45) is 0 Å². The lowest BCUT2D eigenvalue weighted by atomic mass is 9.91. The van der Waals surface area contributed by atoms with Crippen molar-refractivity contribution in [1.82, 2.24) is 4.72 Å². The molecule has 0 radical (unpaired) electrons. The summed E-state index contributed by atoms with van der Waals surface area (Å²) in [5.74, 6) is 0. The van der Waals surface area contributed by atoms with Gasteiger partial charge in [-0.3, -0.25) is 0 Å². The van der Waals surface area contributed by atoms with Gasteiger partial charge < -0.3 is 5.11 Å². The van der Waals surface area contributed by atoms with Gasteiger partial charge in [0.2, 0.25) is 10.0 Å². The summed E-state index contributed by atoms with van der Waals surface area (Å²) in [6, 6.07) is 4.04. The van der Waals surface area contributed by atoms with E-state index in [-0.39, 0.29) is 16.0 Å². The Kier molecular flexibility index (Phi) is 3.66. The van der Waals surface area contributed by atoms with Crippen LogP contribution in [0.25, 0.3) is 0 Å². The standard InChI is InChI=1S/C10H11Cl2NO3S/c11-6-1-2-9(12)10(3-6)17(15,16)13-7-4-8(14)5-7/h1-3,7-8,13-14H,4-5H2. The van der Waals surface area contributed by atoms with Gasteiger partial charge in [-0.2, -0.15) is 0 Å². The maximum atomic E-state index is 12.0. The molecule has 4 nitrogen and oxygen atoms in total. The van der Waals surface area contributed by atoms with Gasteiger partial charge in [-0.05, 0) is 31.0 Å². The summed E-state index contributed by atoms with van der Waals surface area (Å²) in [4.78, 5) is -0.0342. The number of aliphatic hydroxyl groups is 1. The van der Waals surface area contributed by atoms with Crippen LogP contribution >= 0.6 is 23.2 Å². The molecule has 0 amide bonds. The summed E-state index contributed by atoms with van der Waals surface area (Å²) in [5, 5.41) is 9.54. The van der Waals surface area contributed by atoms with E-state index in [0.717, 1.165) is 0 Å². The third-order valence-corrected chi connectivity index (χ3v) is 4.85. The summed E-state index contributed by atoms with van der Waals surface area (Å²) in [7, 11) is -3.67. The van der Waals surface area contributed by atoms with Crippen molar-refractivity contribution in [2.45, 2.75) is 29.9 Å². The van der Waals surface area contributed by atoms with Crippen molar-refractivity contribution in [3.8, 4) is 0 Å². The molecule has 0 bridgehead atoms. The smallest absolute Gasteiger partial charge is 0.242 e. The molecule has 0 unspecified atom stereocenters. The fourth-order valence-corrected chi connectivity index (χ4v) is 3.67. The maximum absolute atomic E-state index is 12.0. The molecular formula is C10H11Cl2NO3S. The highest BCUT2D eigenvalue weighted by atomic mass is 35.5. The predicted octanol–water partition coefficient (Wildman–Crippen LogP) is 1.79. The molecule has 0 aliphatic heterocycles. The zero-order valence-corrected chi connectivity index (χ0v) is 11.1. The van der Waals surface area contributed by atoms with E-state index in [9.17, 15) is 8.42 Å². The highest BCUT2D eigenvalue weighted by Gasteiger charge is 2.32. The molecule has 0 aromatic heterocycles. The number of nitrogens with one attached hydrogen (secondary N) is 1. The monoisotopic (exact) mass is 295 g/mol. The molecule has 0 atom stereocenters. The van der Waals surface area contributed by atoms with E-state index in [1.165, 1.54) is 18.2 Å². The van der Waals surface area contributed by atoms with E-state index in [0.29, 0.717) is 17.9 Å². The van der Waals surface area contributed by atoms with Crippen molar-refractivity contribution >= 4 is 33.2 Å². The van der Waals surface area contributed by atoms with Crippen molar-refractivity contribution in [1.29, 1.82) is 0 Å². The van der Waals surface area contributed by atoms with Crippen LogP contribution in [0.15, 0.2) is 23.1 Å². The van der Waals surface area contributed by atoms with Crippen LogP contribution in [0.1, 0.15) is 12.8 Å². The zero-order valence-electron chi connectivity index (χ0n) is 8.73. The van der Waals surface area contributed by atoms with Gasteiger partial charge >= 0.3 is 0 Å². The lowest BCUT2D eigenvalue weighted by Gasteiger charge is -2.31. The third kappa shape index (κ3) is 2.92. The van der Waals surface area contributed by atoms with Crippen LogP contribution in [0.4, 0.5) is 0 Å². The first-order valence-corrected chi connectivity index (χ1v) is 7.28. The number of benzene rings is 1. The number of halogens is 2. The molecule has 2 rings (SSSR count). The minimum atomic E-state index is -3.67. The summed E-state index contributed by atoms with van der Waals surface area (Å²) in [6.45, 7) is 0. The van der Waals surface area contributed by atoms with Gasteiger partial charge in [-0.25, -0.2) is 13.1 Å². The van der Waals surface area contributed by atoms with Crippen molar-refractivity contribution in [2.75, 3.05) is 0 Å². The number of rotatable bonds is 3. The molecule has 0 saturated heterocycles. The van der Waals surface area contributed by atoms with Gasteiger partial charge in [0.05, 0.1) is 11.1 Å². The largest absolute Gasteiger partial charge is 0.393 e. The molecule has 1 aliphatic carbocycles. The predicted molar refractivity (Wildman–Crippen MR) is 65.8 cm³/mol. The maximum Gasteiger partial charge on any atom is 0.242 e. The van der Waals surface area contributed by atoms with Gasteiger partial charge in [0.1, 0.15) is 4.90 Å². The molecule has 1 saturated carbocycles. The summed E-state index contributed by atoms with van der Waals surface area (Å²) in [6.07, 6.45) is 0.437. The van der Waals surface area contributed by atoms with Crippen LogP contribution < -0.4 is 4.72 Å². The molecule has 1 aromatic carbocycles. The normalized spacial score (nSPS) is 24.4. The highest BCUT2D eigenvalue weighted by molar-refractivity contribution is 7.89. The third-order valence-electron chi connectivity index (χ3n) is 2.62. The zero-order chi connectivity index (χ0) is 12.6. The van der Waals surface area contributed by atoms with Crippen molar-refractivity contribution in [3.63, 3.8) is 0 Å². The van der Waals surface area contributed by atoms with Crippen molar-refractivity contribution < 1.29 is 13.5 Å². The topological polar surface area (TPSA) is 66.4 Å². The quantitative estimate of drug-likeness (QED) is 0.893. The minimum Gasteiger partial charge on any atom is -0.393 e. The molecular weight excluding hydrogens is 285 g/mol. The second kappa shape index (κ2) is 4.74. The number of hydrogen-bond donors (Lipinski definition) is 2. The van der Waals surface area contributed by atoms with Crippen LogP contribution in [0.5, 0.6) is 0 Å². The molecule has 2 N–H and O–H groups in total. The fraction of sp³-hybridized carbons (Fsp3) is 0.400. The molecule has 0 spiro atoms. The number of sulfonamides is 1. The summed E-state index contributed by atoms with van der Waals surface area (Å²) in [5.41, 5.74) is 0. The Labute approximate surface area is 110 Å². The molecule has 94 valence electrons. The van der Waals surface area contributed by atoms with E-state index in [2.05, 4.69) is 4.72 Å². The molecule has 1 aliphatic rings. The van der Waals surface area contributed by atoms with Crippen LogP contribution in [-0.4, -0.2) is 25.7 Å². The van der Waals surface area contributed by atoms with Gasteiger partial charge in [0.15, 0.2) is 0 Å². The Morgan fingerprint density at radius 3 is 2.53 bits per heavy atom. The lowest BCUT2D eigenvalue weighted by molar-refractivity contribution is 0.0712. The first-order valence-electron chi connectivity index (χ1n) is 5.04. The second-order valence-corrected chi connectivity index (χ2v) is 6.54. The first-order chi connectivity index (χ1) is 7.88. The highest BCUT2D eigenvalue weighted by Crippen LogP contribution is 2.27. The molecule has 1 fully saturated rings. The van der Waals surface area contributed by atoms with Gasteiger partial charge in [0.25, 0.3) is 0 Å². The average Bonchev–Trinajstić information content (AvgIpc) is 2.19. The van der Waals surface area contributed by atoms with Gasteiger partial charge in [-0.15, -0.1) is 0 Å². The van der Waals surface area contributed by atoms with E-state index in [1.807, 2.05) is 0 Å². The van der Waals surface area contributed by atoms with Crippen LogP contribution in [0.3, 0.4) is 0 Å². The first kappa shape index (κ1) is 13.1. The molecule has 17 heavy (non-hydrogen) atoms. The second-order valence-electron chi connectivity index (χ2n) is 4.02. The average molecular weight is 296 g/mol. The van der Waals surface area contributed by atoms with Crippen LogP contribution in [0.2, 0.25) is 10.0 Å². The van der Waals surface area contributed by atoms with Crippen molar-refractivity contribution in [3.05, 3.63) is 28.2 Å². The Hall–Kier alpha value is -0.330. The van der Waals surface area contributed by atoms with E-state index >= 15 is 0 Å². The van der Waals surface area contributed by atoms with E-state index in [4.69, 9.17) is 28.3 Å². The lowest BCUT2D eigenvalue weighted by Crippen LogP contribution is -2.46. The fourth-order valence-electron chi connectivity index (χ4n) is 1.65. The van der Waals surface area contributed by atoms with Gasteiger partial charge in [0, 0.05) is 11.1 Å². The van der Waals surface area contributed by atoms with E-state index < -0.39 is 16.1 Å². The van der Waals surface area contributed by atoms with E-state index in [1.54, 1.807) is 0 Å².